The predicted octanol–water partition coefficient (Wildman–Crippen LogP) is 1.61. The van der Waals surface area contributed by atoms with Crippen molar-refractivity contribution in [2.24, 2.45) is 5.92 Å². The Balaban J connectivity index is 2.52. The molecule has 0 bridgehead atoms. The maximum absolute atomic E-state index is 12.1. The molecule has 4 heteroatoms. The van der Waals surface area contributed by atoms with Gasteiger partial charge in [0.25, 0.3) is 0 Å². The van der Waals surface area contributed by atoms with Crippen molar-refractivity contribution in [3.8, 4) is 0 Å². The smallest absolute Gasteiger partial charge is 0.237 e. The van der Waals surface area contributed by atoms with Gasteiger partial charge in [-0.15, -0.1) is 0 Å². The van der Waals surface area contributed by atoms with E-state index in [0.717, 1.165) is 38.5 Å². The van der Waals surface area contributed by atoms with E-state index in [4.69, 9.17) is 0 Å². The maximum Gasteiger partial charge on any atom is 0.237 e. The zero-order valence-electron chi connectivity index (χ0n) is 13.0. The average molecular weight is 269 g/mol. The molecule has 1 amide bonds. The van der Waals surface area contributed by atoms with E-state index in [2.05, 4.69) is 36.3 Å². The molecule has 0 aliphatic carbocycles. The van der Waals surface area contributed by atoms with E-state index in [1.165, 1.54) is 12.8 Å². The molecule has 1 aliphatic rings. The molecule has 0 spiro atoms. The molecule has 1 saturated heterocycles. The number of carbonyl (C=O) groups is 1. The third kappa shape index (κ3) is 5.49. The van der Waals surface area contributed by atoms with Gasteiger partial charge in [-0.2, -0.15) is 0 Å². The number of nitrogens with one attached hydrogen (secondary N) is 2. The van der Waals surface area contributed by atoms with E-state index in [1.54, 1.807) is 0 Å². The highest BCUT2D eigenvalue weighted by Gasteiger charge is 2.26. The van der Waals surface area contributed by atoms with Crippen molar-refractivity contribution in [1.29, 1.82) is 0 Å². The molecule has 1 atom stereocenters. The van der Waals surface area contributed by atoms with Gasteiger partial charge in [-0.25, -0.2) is 0 Å². The van der Waals surface area contributed by atoms with E-state index in [-0.39, 0.29) is 11.9 Å². The minimum atomic E-state index is -0.0264. The molecule has 112 valence electrons. The Labute approximate surface area is 118 Å². The summed E-state index contributed by atoms with van der Waals surface area (Å²) in [6, 6.07) is 0.388. The second kappa shape index (κ2) is 8.54. The van der Waals surface area contributed by atoms with Gasteiger partial charge >= 0.3 is 0 Å². The van der Waals surface area contributed by atoms with Crippen LogP contribution in [0.15, 0.2) is 0 Å². The largest absolute Gasteiger partial charge is 0.355 e. The van der Waals surface area contributed by atoms with Gasteiger partial charge in [0.15, 0.2) is 0 Å². The predicted molar refractivity (Wildman–Crippen MR) is 80.2 cm³/mol. The van der Waals surface area contributed by atoms with Crippen LogP contribution < -0.4 is 10.6 Å². The van der Waals surface area contributed by atoms with Crippen LogP contribution >= 0.6 is 0 Å². The maximum atomic E-state index is 12.1. The summed E-state index contributed by atoms with van der Waals surface area (Å²) in [4.78, 5) is 14.5. The van der Waals surface area contributed by atoms with Crippen molar-refractivity contribution >= 4 is 5.91 Å². The van der Waals surface area contributed by atoms with Crippen molar-refractivity contribution in [3.05, 3.63) is 0 Å². The SMILES string of the molecule is CCCNC(=O)C(C)N(CC1CCNCC1)C(C)C. The van der Waals surface area contributed by atoms with Gasteiger partial charge in [-0.1, -0.05) is 6.92 Å². The summed E-state index contributed by atoms with van der Waals surface area (Å²) >= 11 is 0. The van der Waals surface area contributed by atoms with Crippen molar-refractivity contribution in [1.82, 2.24) is 15.5 Å². The fourth-order valence-electron chi connectivity index (χ4n) is 2.73. The first-order valence-corrected chi connectivity index (χ1v) is 7.80. The van der Waals surface area contributed by atoms with Gasteiger partial charge < -0.3 is 10.6 Å². The molecule has 0 aromatic carbocycles. The molecule has 0 aromatic heterocycles. The van der Waals surface area contributed by atoms with Gasteiger partial charge in [-0.05, 0) is 59.0 Å². The molecule has 2 N–H and O–H groups in total. The summed E-state index contributed by atoms with van der Waals surface area (Å²) in [6.07, 6.45) is 3.45. The van der Waals surface area contributed by atoms with Gasteiger partial charge in [-0.3, -0.25) is 9.69 Å². The Morgan fingerprint density at radius 1 is 1.32 bits per heavy atom. The number of nitrogens with zero attached hydrogens (tertiary/aromatic N) is 1. The summed E-state index contributed by atoms with van der Waals surface area (Å²) in [6.45, 7) is 12.5. The molecule has 1 unspecified atom stereocenters. The second-order valence-corrected chi connectivity index (χ2v) is 5.95. The van der Waals surface area contributed by atoms with Gasteiger partial charge in [0.2, 0.25) is 5.91 Å². The van der Waals surface area contributed by atoms with E-state index >= 15 is 0 Å². The van der Waals surface area contributed by atoms with Crippen LogP contribution in [0.5, 0.6) is 0 Å². The van der Waals surface area contributed by atoms with E-state index in [1.807, 2.05) is 6.92 Å². The average Bonchev–Trinajstić information content (AvgIpc) is 2.42. The molecule has 1 heterocycles. The second-order valence-electron chi connectivity index (χ2n) is 5.95. The Kier molecular flexibility index (Phi) is 7.39. The van der Waals surface area contributed by atoms with Crippen LogP contribution in [-0.2, 0) is 4.79 Å². The summed E-state index contributed by atoms with van der Waals surface area (Å²) in [5, 5.41) is 6.41. The van der Waals surface area contributed by atoms with Crippen LogP contribution in [0.2, 0.25) is 0 Å². The van der Waals surface area contributed by atoms with Gasteiger partial charge in [0.05, 0.1) is 6.04 Å². The highest BCUT2D eigenvalue weighted by molar-refractivity contribution is 5.81. The normalized spacial score (nSPS) is 18.8. The van der Waals surface area contributed by atoms with Crippen molar-refractivity contribution in [2.75, 3.05) is 26.2 Å². The first-order valence-electron chi connectivity index (χ1n) is 7.80. The zero-order valence-corrected chi connectivity index (χ0v) is 13.0. The zero-order chi connectivity index (χ0) is 14.3. The Morgan fingerprint density at radius 3 is 2.47 bits per heavy atom. The highest BCUT2D eigenvalue weighted by atomic mass is 16.2. The fraction of sp³-hybridized carbons (Fsp3) is 0.933. The Morgan fingerprint density at radius 2 is 1.95 bits per heavy atom. The third-order valence-corrected chi connectivity index (χ3v) is 4.02. The minimum absolute atomic E-state index is 0.0264. The summed E-state index contributed by atoms with van der Waals surface area (Å²) in [5.41, 5.74) is 0. The van der Waals surface area contributed by atoms with E-state index < -0.39 is 0 Å². The van der Waals surface area contributed by atoms with Gasteiger partial charge in [0, 0.05) is 19.1 Å². The molecule has 0 saturated carbocycles. The van der Waals surface area contributed by atoms with Crippen LogP contribution in [-0.4, -0.2) is 49.1 Å². The molecular formula is C15H31N3O. The minimum Gasteiger partial charge on any atom is -0.355 e. The van der Waals surface area contributed by atoms with Crippen molar-refractivity contribution < 1.29 is 4.79 Å². The molecule has 1 aliphatic heterocycles. The number of carbonyl (C=O) groups excluding carboxylic acids is 1. The Hall–Kier alpha value is -0.610. The highest BCUT2D eigenvalue weighted by Crippen LogP contribution is 2.17. The number of hydrogen-bond donors (Lipinski definition) is 2. The number of rotatable bonds is 7. The monoisotopic (exact) mass is 269 g/mol. The van der Waals surface area contributed by atoms with E-state index in [9.17, 15) is 4.79 Å². The summed E-state index contributed by atoms with van der Waals surface area (Å²) < 4.78 is 0. The lowest BCUT2D eigenvalue weighted by atomic mass is 9.96. The van der Waals surface area contributed by atoms with Gasteiger partial charge in [0.1, 0.15) is 0 Å². The summed E-state index contributed by atoms with van der Waals surface area (Å²) in [5.74, 6) is 0.898. The van der Waals surface area contributed by atoms with Crippen LogP contribution in [0.3, 0.4) is 0 Å². The molecule has 1 fully saturated rings. The van der Waals surface area contributed by atoms with E-state index in [0.29, 0.717) is 6.04 Å². The third-order valence-electron chi connectivity index (χ3n) is 4.02. The first kappa shape index (κ1) is 16.4. The summed E-state index contributed by atoms with van der Waals surface area (Å²) in [7, 11) is 0. The topological polar surface area (TPSA) is 44.4 Å². The van der Waals surface area contributed by atoms with Crippen LogP contribution in [0.25, 0.3) is 0 Å². The van der Waals surface area contributed by atoms with Crippen molar-refractivity contribution in [2.45, 2.75) is 59.0 Å². The molecule has 0 aromatic rings. The lowest BCUT2D eigenvalue weighted by molar-refractivity contribution is -0.126. The standard InChI is InChI=1S/C15H31N3O/c1-5-8-17-15(19)13(4)18(12(2)3)11-14-6-9-16-10-7-14/h12-14,16H,5-11H2,1-4H3,(H,17,19). The lowest BCUT2D eigenvalue weighted by Crippen LogP contribution is -2.50. The quantitative estimate of drug-likeness (QED) is 0.738. The van der Waals surface area contributed by atoms with Crippen LogP contribution in [0, 0.1) is 5.92 Å². The molecule has 0 radical (unpaired) electrons. The molecule has 4 nitrogen and oxygen atoms in total. The van der Waals surface area contributed by atoms with Crippen LogP contribution in [0.4, 0.5) is 0 Å². The molecule has 1 rings (SSSR count). The first-order chi connectivity index (χ1) is 9.06. The molecule has 19 heavy (non-hydrogen) atoms. The number of hydrogen-bond acceptors (Lipinski definition) is 3. The van der Waals surface area contributed by atoms with Crippen molar-refractivity contribution in [3.63, 3.8) is 0 Å². The molecular weight excluding hydrogens is 238 g/mol. The lowest BCUT2D eigenvalue weighted by Gasteiger charge is -2.36. The Bertz CT molecular complexity index is 262. The number of piperidine rings is 1. The van der Waals surface area contributed by atoms with Crippen LogP contribution in [0.1, 0.15) is 47.0 Å². The fourth-order valence-corrected chi connectivity index (χ4v) is 2.73. The number of amides is 1.